The molecule has 258 valence electrons. The van der Waals surface area contributed by atoms with Gasteiger partial charge in [0, 0.05) is 49.0 Å². The molecule has 13 nitrogen and oxygen atoms in total. The number of morpholine rings is 1. The molecule has 2 amide bonds. The van der Waals surface area contributed by atoms with E-state index in [0.29, 0.717) is 75.9 Å². The molecule has 1 aromatic carbocycles. The second-order valence-electron chi connectivity index (χ2n) is 12.7. The Labute approximate surface area is 282 Å². The molecule has 1 atom stereocenters. The van der Waals surface area contributed by atoms with E-state index in [1.807, 2.05) is 11.8 Å². The van der Waals surface area contributed by atoms with Gasteiger partial charge in [-0.2, -0.15) is 22.7 Å². The Hall–Kier alpha value is -4.70. The topological polar surface area (TPSA) is 147 Å². The van der Waals surface area contributed by atoms with E-state index in [1.165, 1.54) is 22.8 Å². The number of halogens is 4. The molecular formula is C32H32ClF3N8O5. The minimum Gasteiger partial charge on any atom is -0.505 e. The van der Waals surface area contributed by atoms with Gasteiger partial charge >= 0.3 is 6.18 Å². The minimum absolute atomic E-state index is 0.00403. The molecule has 2 fully saturated rings. The van der Waals surface area contributed by atoms with Gasteiger partial charge in [0.15, 0.2) is 5.69 Å². The summed E-state index contributed by atoms with van der Waals surface area (Å²) in [6.45, 7) is 4.18. The Kier molecular flexibility index (Phi) is 8.25. The van der Waals surface area contributed by atoms with Crippen molar-refractivity contribution >= 4 is 40.8 Å². The molecule has 3 aliphatic rings. The third kappa shape index (κ3) is 5.86. The third-order valence-electron chi connectivity index (χ3n) is 9.63. The number of aromatic nitrogens is 5. The first-order chi connectivity index (χ1) is 23.4. The van der Waals surface area contributed by atoms with E-state index in [4.69, 9.17) is 21.3 Å². The molecule has 49 heavy (non-hydrogen) atoms. The smallest absolute Gasteiger partial charge is 0.416 e. The number of ether oxygens (including phenoxy) is 1. The van der Waals surface area contributed by atoms with E-state index >= 15 is 0 Å². The molecule has 4 aromatic rings. The monoisotopic (exact) mass is 700 g/mol. The summed E-state index contributed by atoms with van der Waals surface area (Å²) in [5, 5.41) is 17.1. The van der Waals surface area contributed by atoms with Crippen LogP contribution in [-0.2, 0) is 27.7 Å². The number of nitrogens with one attached hydrogen (secondary N) is 1. The summed E-state index contributed by atoms with van der Waals surface area (Å²) >= 11 is 6.13. The molecule has 2 N–H and O–H groups in total. The first kappa shape index (κ1) is 32.8. The van der Waals surface area contributed by atoms with Gasteiger partial charge in [-0.15, -0.1) is 5.10 Å². The van der Waals surface area contributed by atoms with Crippen LogP contribution in [0.15, 0.2) is 41.3 Å². The second-order valence-corrected chi connectivity index (χ2v) is 13.1. The summed E-state index contributed by atoms with van der Waals surface area (Å²) in [7, 11) is 0. The number of hydrogen-bond acceptors (Lipinski definition) is 9. The Morgan fingerprint density at radius 1 is 1.14 bits per heavy atom. The Morgan fingerprint density at radius 3 is 2.55 bits per heavy atom. The van der Waals surface area contributed by atoms with E-state index in [2.05, 4.69) is 15.4 Å². The lowest BCUT2D eigenvalue weighted by atomic mass is 9.73. The molecule has 7 rings (SSSR count). The summed E-state index contributed by atoms with van der Waals surface area (Å²) in [5.41, 5.74) is -0.856. The lowest BCUT2D eigenvalue weighted by Crippen LogP contribution is -2.46. The van der Waals surface area contributed by atoms with E-state index in [-0.39, 0.29) is 46.0 Å². The first-order valence-electron chi connectivity index (χ1n) is 15.8. The summed E-state index contributed by atoms with van der Waals surface area (Å²) in [6, 6.07) is 5.62. The molecule has 1 aliphatic carbocycles. The molecule has 17 heteroatoms. The highest BCUT2D eigenvalue weighted by atomic mass is 35.5. The van der Waals surface area contributed by atoms with Crippen LogP contribution in [0.3, 0.4) is 0 Å². The molecule has 5 heterocycles. The summed E-state index contributed by atoms with van der Waals surface area (Å²) < 4.78 is 47.9. The van der Waals surface area contributed by atoms with Crippen molar-refractivity contribution in [3.8, 4) is 5.75 Å². The van der Waals surface area contributed by atoms with Crippen LogP contribution in [-0.4, -0.2) is 85.4 Å². The SMILES string of the molecule is CC1CC2(CCN(C(=O)c3ncccc3O)CC2)c2c1n(CC(=O)Nc1ccc(C(F)(F)F)cc1Cl)c1nc(N3CCOCC3)nn1c2=O. The number of alkyl halides is 3. The van der Waals surface area contributed by atoms with Gasteiger partial charge in [-0.1, -0.05) is 18.5 Å². The summed E-state index contributed by atoms with van der Waals surface area (Å²) in [6.07, 6.45) is -1.70. The lowest BCUT2D eigenvalue weighted by molar-refractivity contribution is -0.137. The number of aromatic hydroxyl groups is 1. The largest absolute Gasteiger partial charge is 0.505 e. The van der Waals surface area contributed by atoms with E-state index < -0.39 is 29.0 Å². The van der Waals surface area contributed by atoms with Gasteiger partial charge in [-0.05, 0) is 55.5 Å². The van der Waals surface area contributed by atoms with Gasteiger partial charge < -0.3 is 29.5 Å². The predicted octanol–water partition coefficient (Wildman–Crippen LogP) is 3.82. The first-order valence-corrected chi connectivity index (χ1v) is 16.2. The maximum Gasteiger partial charge on any atom is 0.416 e. The second kappa shape index (κ2) is 12.3. The van der Waals surface area contributed by atoms with Crippen LogP contribution in [0.2, 0.25) is 5.02 Å². The van der Waals surface area contributed by atoms with Crippen molar-refractivity contribution in [1.29, 1.82) is 0 Å². The normalized spacial score (nSPS) is 19.0. The zero-order valence-electron chi connectivity index (χ0n) is 26.3. The van der Waals surface area contributed by atoms with Crippen molar-refractivity contribution in [2.75, 3.05) is 49.6 Å². The van der Waals surface area contributed by atoms with Crippen LogP contribution in [0.1, 0.15) is 59.4 Å². The van der Waals surface area contributed by atoms with Crippen LogP contribution in [0.5, 0.6) is 5.75 Å². The van der Waals surface area contributed by atoms with Gasteiger partial charge in [0.05, 0.1) is 29.5 Å². The molecule has 2 aliphatic heterocycles. The number of pyridine rings is 1. The van der Waals surface area contributed by atoms with Crippen molar-refractivity contribution in [1.82, 2.24) is 29.0 Å². The van der Waals surface area contributed by atoms with Crippen LogP contribution >= 0.6 is 11.6 Å². The standard InChI is InChI=1S/C32H32ClF3N8O5/c1-18-16-31(6-9-41(10-7-31)28(48)25-22(45)3-2-8-37-25)24-26(18)43(17-23(46)38-21-5-4-19(15-20(21)33)32(34,35)36)30-39-29(40-44(30)27(24)47)42-11-13-49-14-12-42/h2-5,8,15,18,45H,6-7,9-14,16-17H2,1H3,(H,38,46). The molecule has 2 saturated heterocycles. The Balaban J connectivity index is 1.25. The summed E-state index contributed by atoms with van der Waals surface area (Å²) in [5.74, 6) is -0.940. The van der Waals surface area contributed by atoms with Gasteiger partial charge in [0.1, 0.15) is 12.3 Å². The summed E-state index contributed by atoms with van der Waals surface area (Å²) in [4.78, 5) is 53.4. The fourth-order valence-electron chi connectivity index (χ4n) is 7.34. The predicted molar refractivity (Wildman–Crippen MR) is 171 cm³/mol. The van der Waals surface area contributed by atoms with Crippen molar-refractivity contribution in [3.05, 3.63) is 74.4 Å². The number of carbonyl (C=O) groups excluding carboxylic acids is 2. The number of nitrogens with zero attached hydrogens (tertiary/aromatic N) is 7. The molecule has 0 saturated carbocycles. The number of amides is 2. The highest BCUT2D eigenvalue weighted by Crippen LogP contribution is 2.50. The Bertz CT molecular complexity index is 2020. The van der Waals surface area contributed by atoms with Gasteiger partial charge in [0.2, 0.25) is 17.6 Å². The zero-order valence-corrected chi connectivity index (χ0v) is 27.1. The minimum atomic E-state index is -4.60. The molecule has 1 spiro atoms. The zero-order chi connectivity index (χ0) is 34.7. The fraction of sp³-hybridized carbons (Fsp3) is 0.438. The average molecular weight is 701 g/mol. The number of benzene rings is 1. The number of likely N-dealkylation sites (tertiary alicyclic amines) is 1. The number of anilines is 2. The van der Waals surface area contributed by atoms with Gasteiger partial charge in [0.25, 0.3) is 11.5 Å². The lowest BCUT2D eigenvalue weighted by Gasteiger charge is -2.39. The Morgan fingerprint density at radius 2 is 1.88 bits per heavy atom. The maximum atomic E-state index is 14.4. The highest BCUT2D eigenvalue weighted by Gasteiger charge is 2.49. The number of hydrogen-bond donors (Lipinski definition) is 2. The fourth-order valence-corrected chi connectivity index (χ4v) is 7.57. The average Bonchev–Trinajstić information content (AvgIpc) is 3.64. The van der Waals surface area contributed by atoms with Crippen molar-refractivity contribution in [2.24, 2.45) is 0 Å². The van der Waals surface area contributed by atoms with E-state index in [9.17, 15) is 32.7 Å². The quantitative estimate of drug-likeness (QED) is 0.317. The molecule has 0 radical (unpaired) electrons. The maximum absolute atomic E-state index is 14.4. The molecule has 1 unspecified atom stereocenters. The van der Waals surface area contributed by atoms with Gasteiger partial charge in [-0.3, -0.25) is 14.4 Å². The molecule has 0 bridgehead atoms. The van der Waals surface area contributed by atoms with Crippen LogP contribution in [0, 0.1) is 0 Å². The van der Waals surface area contributed by atoms with Crippen LogP contribution in [0.25, 0.3) is 5.78 Å². The number of piperidine rings is 1. The number of rotatable bonds is 5. The third-order valence-corrected chi connectivity index (χ3v) is 9.94. The van der Waals surface area contributed by atoms with Crippen molar-refractivity contribution in [2.45, 2.75) is 50.2 Å². The highest BCUT2D eigenvalue weighted by molar-refractivity contribution is 6.33. The van der Waals surface area contributed by atoms with Crippen molar-refractivity contribution in [3.63, 3.8) is 0 Å². The number of fused-ring (bicyclic) bond motifs is 3. The van der Waals surface area contributed by atoms with Crippen LogP contribution in [0.4, 0.5) is 24.8 Å². The van der Waals surface area contributed by atoms with Crippen LogP contribution < -0.4 is 15.8 Å². The number of carbonyl (C=O) groups is 2. The van der Waals surface area contributed by atoms with E-state index in [1.54, 1.807) is 9.47 Å². The molecular weight excluding hydrogens is 669 g/mol. The van der Waals surface area contributed by atoms with E-state index in [0.717, 1.165) is 18.2 Å². The van der Waals surface area contributed by atoms with Crippen molar-refractivity contribution < 1.29 is 32.6 Å². The molecule has 3 aromatic heterocycles. The van der Waals surface area contributed by atoms with Gasteiger partial charge in [-0.25, -0.2) is 4.98 Å².